The minimum atomic E-state index is -0.390. The van der Waals surface area contributed by atoms with Crippen LogP contribution in [0.4, 0.5) is 10.5 Å². The Balaban J connectivity index is 1.56. The zero-order valence-electron chi connectivity index (χ0n) is 14.6. The summed E-state index contributed by atoms with van der Waals surface area (Å²) >= 11 is 0. The normalized spacial score (nSPS) is 18.7. The Kier molecular flexibility index (Phi) is 4.38. The van der Waals surface area contributed by atoms with Crippen LogP contribution in [0.15, 0.2) is 36.5 Å². The lowest BCUT2D eigenvalue weighted by atomic mass is 10.1. The number of rotatable bonds is 4. The summed E-state index contributed by atoms with van der Waals surface area (Å²) in [5, 5.41) is 2.77. The largest absolute Gasteiger partial charge is 0.442 e. The van der Waals surface area contributed by atoms with E-state index >= 15 is 0 Å². The fourth-order valence-corrected chi connectivity index (χ4v) is 3.29. The maximum absolute atomic E-state index is 12.3. The molecular weight excluding hydrogens is 334 g/mol. The Bertz CT molecular complexity index is 845. The van der Waals surface area contributed by atoms with Crippen molar-refractivity contribution in [2.45, 2.75) is 32.7 Å². The van der Waals surface area contributed by atoms with Gasteiger partial charge in [0, 0.05) is 29.6 Å². The third kappa shape index (κ3) is 3.06. The highest BCUT2D eigenvalue weighted by Crippen LogP contribution is 2.29. The van der Waals surface area contributed by atoms with Gasteiger partial charge in [0.25, 0.3) is 0 Å². The first-order valence-electron chi connectivity index (χ1n) is 8.78. The van der Waals surface area contributed by atoms with Crippen LogP contribution in [0.3, 0.4) is 0 Å². The van der Waals surface area contributed by atoms with Crippen LogP contribution in [0.5, 0.6) is 0 Å². The van der Waals surface area contributed by atoms with E-state index in [9.17, 15) is 9.59 Å². The molecule has 1 fully saturated rings. The highest BCUT2D eigenvalue weighted by Gasteiger charge is 2.33. The number of aromatic nitrogens is 1. The molecule has 0 aliphatic carbocycles. The molecule has 3 heterocycles. The van der Waals surface area contributed by atoms with E-state index in [0.717, 1.165) is 22.6 Å². The van der Waals surface area contributed by atoms with E-state index in [1.54, 1.807) is 11.8 Å². The number of cyclic esters (lactones) is 1. The second kappa shape index (κ2) is 6.84. The molecule has 2 aliphatic rings. The topological polar surface area (TPSA) is 72.8 Å². The number of nitrogens with zero attached hydrogens (tertiary/aromatic N) is 2. The van der Waals surface area contributed by atoms with Crippen LogP contribution < -0.4 is 10.2 Å². The number of fused-ring (bicyclic) bond motifs is 3. The van der Waals surface area contributed by atoms with Gasteiger partial charge in [-0.1, -0.05) is 13.0 Å². The van der Waals surface area contributed by atoms with Crippen molar-refractivity contribution in [2.75, 3.05) is 18.0 Å². The number of carbonyl (C=O) groups excluding carboxylic acids is 2. The monoisotopic (exact) mass is 355 g/mol. The maximum atomic E-state index is 12.3. The predicted octanol–water partition coefficient (Wildman–Crippen LogP) is 2.36. The number of carbonyl (C=O) groups is 2. The molecule has 2 amide bonds. The van der Waals surface area contributed by atoms with Crippen LogP contribution in [-0.2, 0) is 27.5 Å². The third-order valence-corrected chi connectivity index (χ3v) is 4.70. The van der Waals surface area contributed by atoms with Crippen molar-refractivity contribution in [1.82, 2.24) is 9.88 Å². The summed E-state index contributed by atoms with van der Waals surface area (Å²) < 4.78 is 13.2. The molecule has 4 rings (SSSR count). The van der Waals surface area contributed by atoms with Crippen molar-refractivity contribution < 1.29 is 19.1 Å². The molecule has 26 heavy (non-hydrogen) atoms. The van der Waals surface area contributed by atoms with Crippen molar-refractivity contribution in [1.29, 1.82) is 0 Å². The van der Waals surface area contributed by atoms with Crippen molar-refractivity contribution >= 4 is 17.7 Å². The first kappa shape index (κ1) is 16.7. The number of hydrogen-bond acceptors (Lipinski definition) is 4. The number of benzene rings is 1. The summed E-state index contributed by atoms with van der Waals surface area (Å²) in [6.07, 6.45) is 1.68. The molecular formula is C19H21N3O4. The summed E-state index contributed by atoms with van der Waals surface area (Å²) in [7, 11) is 0. The Hall–Kier alpha value is -2.80. The number of nitrogens with one attached hydrogen (secondary N) is 1. The Labute approximate surface area is 151 Å². The molecule has 1 aromatic heterocycles. The zero-order chi connectivity index (χ0) is 18.1. The molecule has 1 N–H and O–H groups in total. The minimum absolute atomic E-state index is 0.0512. The average Bonchev–Trinajstić information content (AvgIpc) is 3.22. The zero-order valence-corrected chi connectivity index (χ0v) is 14.6. The molecule has 1 aromatic carbocycles. The van der Waals surface area contributed by atoms with Gasteiger partial charge in [0.15, 0.2) is 0 Å². The molecule has 0 unspecified atom stereocenters. The average molecular weight is 355 g/mol. The molecule has 0 bridgehead atoms. The molecule has 1 atom stereocenters. The highest BCUT2D eigenvalue weighted by molar-refractivity contribution is 5.90. The Morgan fingerprint density at radius 3 is 3.04 bits per heavy atom. The first-order chi connectivity index (χ1) is 12.7. The summed E-state index contributed by atoms with van der Waals surface area (Å²) in [6, 6.07) is 9.89. The van der Waals surface area contributed by atoms with E-state index in [1.165, 1.54) is 0 Å². The molecule has 7 nitrogen and oxygen atoms in total. The molecule has 7 heteroatoms. The van der Waals surface area contributed by atoms with Gasteiger partial charge in [-0.25, -0.2) is 4.79 Å². The molecule has 1 saturated heterocycles. The van der Waals surface area contributed by atoms with Crippen LogP contribution >= 0.6 is 0 Å². The van der Waals surface area contributed by atoms with Crippen LogP contribution in [0.2, 0.25) is 0 Å². The second-order valence-electron chi connectivity index (χ2n) is 6.45. The smallest absolute Gasteiger partial charge is 0.414 e. The summed E-state index contributed by atoms with van der Waals surface area (Å²) in [6.45, 7) is 3.62. The van der Waals surface area contributed by atoms with Gasteiger partial charge in [0.2, 0.25) is 5.91 Å². The summed E-state index contributed by atoms with van der Waals surface area (Å²) in [5.74, 6) is -0.0512. The van der Waals surface area contributed by atoms with Crippen molar-refractivity contribution in [3.63, 3.8) is 0 Å². The fraction of sp³-hybridized carbons (Fsp3) is 0.368. The Morgan fingerprint density at radius 1 is 1.31 bits per heavy atom. The quantitative estimate of drug-likeness (QED) is 0.914. The van der Waals surface area contributed by atoms with Crippen LogP contribution in [-0.4, -0.2) is 35.8 Å². The van der Waals surface area contributed by atoms with E-state index in [2.05, 4.69) is 9.88 Å². The first-order valence-corrected chi connectivity index (χ1v) is 8.78. The van der Waals surface area contributed by atoms with Gasteiger partial charge in [-0.2, -0.15) is 0 Å². The lowest BCUT2D eigenvalue weighted by Crippen LogP contribution is -2.34. The maximum Gasteiger partial charge on any atom is 0.414 e. The fourth-order valence-electron chi connectivity index (χ4n) is 3.29. The number of amides is 2. The van der Waals surface area contributed by atoms with Crippen molar-refractivity contribution in [3.05, 3.63) is 47.8 Å². The van der Waals surface area contributed by atoms with E-state index in [-0.39, 0.29) is 12.0 Å². The second-order valence-corrected chi connectivity index (χ2v) is 6.45. The van der Waals surface area contributed by atoms with Gasteiger partial charge in [-0.15, -0.1) is 0 Å². The Morgan fingerprint density at radius 2 is 2.19 bits per heavy atom. The third-order valence-electron chi connectivity index (χ3n) is 4.70. The molecule has 2 aliphatic heterocycles. The summed E-state index contributed by atoms with van der Waals surface area (Å²) in [4.78, 5) is 25.3. The lowest BCUT2D eigenvalue weighted by Gasteiger charge is -2.17. The molecule has 136 valence electrons. The molecule has 0 saturated carbocycles. The van der Waals surface area contributed by atoms with Crippen molar-refractivity contribution in [2.24, 2.45) is 0 Å². The molecule has 2 aromatic rings. The number of anilines is 1. The van der Waals surface area contributed by atoms with Gasteiger partial charge in [-0.3, -0.25) is 9.69 Å². The molecule has 0 radical (unpaired) electrons. The van der Waals surface area contributed by atoms with Crippen LogP contribution in [0.25, 0.3) is 5.69 Å². The number of ether oxygens (including phenoxy) is 2. The van der Waals surface area contributed by atoms with Gasteiger partial charge in [0.05, 0.1) is 32.0 Å². The molecule has 0 spiro atoms. The number of hydrogen-bond donors (Lipinski definition) is 1. The summed E-state index contributed by atoms with van der Waals surface area (Å²) in [5.41, 5.74) is 3.93. The van der Waals surface area contributed by atoms with Crippen LogP contribution in [0.1, 0.15) is 24.6 Å². The van der Waals surface area contributed by atoms with Gasteiger partial charge in [0.1, 0.15) is 6.10 Å². The van der Waals surface area contributed by atoms with E-state index in [4.69, 9.17) is 9.47 Å². The van der Waals surface area contributed by atoms with Crippen LogP contribution in [0, 0.1) is 0 Å². The van der Waals surface area contributed by atoms with Gasteiger partial charge >= 0.3 is 6.09 Å². The van der Waals surface area contributed by atoms with Crippen molar-refractivity contribution in [3.8, 4) is 5.69 Å². The van der Waals surface area contributed by atoms with E-state index in [0.29, 0.717) is 32.7 Å². The lowest BCUT2D eigenvalue weighted by molar-refractivity contribution is -0.121. The van der Waals surface area contributed by atoms with E-state index in [1.807, 2.05) is 36.5 Å². The standard InChI is InChI=1S/C19H21N3O4/c1-2-18(23)20-9-16-10-22(19(24)26-16)14-6-5-13-11-25-12-15-4-3-7-21(15)17(13)8-14/h3-8,16H,2,9-12H2,1H3,(H,20,23)/t16-/m0/s1. The predicted molar refractivity (Wildman–Crippen MR) is 95.2 cm³/mol. The van der Waals surface area contributed by atoms with Gasteiger partial charge < -0.3 is 19.4 Å². The van der Waals surface area contributed by atoms with Gasteiger partial charge in [-0.05, 0) is 24.3 Å². The van der Waals surface area contributed by atoms with E-state index < -0.39 is 6.09 Å². The minimum Gasteiger partial charge on any atom is -0.442 e. The highest BCUT2D eigenvalue weighted by atomic mass is 16.6. The SMILES string of the molecule is CCC(=O)NC[C@H]1CN(c2ccc3c(c2)-n2cccc2COC3)C(=O)O1.